The standard InChI is InChI=1S/C14H15FN2O/c1-10(11-4-6-16-7-5-11)17-9-12-8-13(15)2-3-14(12)18/h2-8,10,17-18H,9H2,1H3. The topological polar surface area (TPSA) is 45.1 Å². The average molecular weight is 246 g/mol. The van der Waals surface area contributed by atoms with Gasteiger partial charge >= 0.3 is 0 Å². The lowest BCUT2D eigenvalue weighted by Gasteiger charge is -2.14. The van der Waals surface area contributed by atoms with Crippen LogP contribution in [0.15, 0.2) is 42.7 Å². The van der Waals surface area contributed by atoms with Crippen LogP contribution in [0.4, 0.5) is 4.39 Å². The molecule has 0 aliphatic heterocycles. The smallest absolute Gasteiger partial charge is 0.123 e. The SMILES string of the molecule is CC(NCc1cc(F)ccc1O)c1ccncc1. The van der Waals surface area contributed by atoms with E-state index in [1.807, 2.05) is 19.1 Å². The third-order valence-corrected chi connectivity index (χ3v) is 2.85. The average Bonchev–Trinajstić information content (AvgIpc) is 2.40. The molecule has 2 rings (SSSR count). The second-order valence-corrected chi connectivity index (χ2v) is 4.16. The van der Waals surface area contributed by atoms with Gasteiger partial charge in [-0.2, -0.15) is 0 Å². The van der Waals surface area contributed by atoms with Crippen molar-refractivity contribution in [2.75, 3.05) is 0 Å². The summed E-state index contributed by atoms with van der Waals surface area (Å²) in [6, 6.07) is 7.89. The minimum absolute atomic E-state index is 0.103. The summed E-state index contributed by atoms with van der Waals surface area (Å²) in [6.45, 7) is 2.42. The van der Waals surface area contributed by atoms with Crippen LogP contribution in [0.5, 0.6) is 5.75 Å². The van der Waals surface area contributed by atoms with Crippen LogP contribution in [0, 0.1) is 5.82 Å². The summed E-state index contributed by atoms with van der Waals surface area (Å²) >= 11 is 0. The van der Waals surface area contributed by atoms with Gasteiger partial charge in [0.25, 0.3) is 0 Å². The Morgan fingerprint density at radius 2 is 2.00 bits per heavy atom. The molecular weight excluding hydrogens is 231 g/mol. The van der Waals surface area contributed by atoms with Crippen molar-refractivity contribution < 1.29 is 9.50 Å². The van der Waals surface area contributed by atoms with Gasteiger partial charge in [0.2, 0.25) is 0 Å². The fourth-order valence-corrected chi connectivity index (χ4v) is 1.73. The maximum absolute atomic E-state index is 13.0. The molecule has 1 aromatic carbocycles. The van der Waals surface area contributed by atoms with Gasteiger partial charge in [-0.05, 0) is 42.8 Å². The highest BCUT2D eigenvalue weighted by Crippen LogP contribution is 2.19. The van der Waals surface area contributed by atoms with Crippen LogP contribution in [0.25, 0.3) is 0 Å². The zero-order chi connectivity index (χ0) is 13.0. The lowest BCUT2D eigenvalue weighted by Crippen LogP contribution is -2.18. The first kappa shape index (κ1) is 12.5. The summed E-state index contributed by atoms with van der Waals surface area (Å²) in [4.78, 5) is 3.95. The van der Waals surface area contributed by atoms with E-state index in [0.717, 1.165) is 5.56 Å². The number of aromatic hydroxyl groups is 1. The molecule has 3 nitrogen and oxygen atoms in total. The number of halogens is 1. The zero-order valence-electron chi connectivity index (χ0n) is 10.1. The van der Waals surface area contributed by atoms with Gasteiger partial charge in [0.15, 0.2) is 0 Å². The predicted octanol–water partition coefficient (Wildman–Crippen LogP) is 2.78. The number of rotatable bonds is 4. The maximum atomic E-state index is 13.0. The molecular formula is C14H15FN2O. The van der Waals surface area contributed by atoms with Crippen LogP contribution in [-0.2, 0) is 6.54 Å². The molecule has 0 saturated heterocycles. The van der Waals surface area contributed by atoms with Crippen LogP contribution in [0.3, 0.4) is 0 Å². The van der Waals surface area contributed by atoms with E-state index in [4.69, 9.17) is 0 Å². The number of nitrogens with zero attached hydrogens (tertiary/aromatic N) is 1. The highest BCUT2D eigenvalue weighted by molar-refractivity contribution is 5.32. The number of phenolic OH excluding ortho intramolecular Hbond substituents is 1. The molecule has 2 N–H and O–H groups in total. The number of hydrogen-bond acceptors (Lipinski definition) is 3. The van der Waals surface area contributed by atoms with Crippen LogP contribution < -0.4 is 5.32 Å². The molecule has 18 heavy (non-hydrogen) atoms. The Morgan fingerprint density at radius 3 is 2.72 bits per heavy atom. The van der Waals surface area contributed by atoms with Gasteiger partial charge in [0.05, 0.1) is 0 Å². The number of aromatic nitrogens is 1. The van der Waals surface area contributed by atoms with E-state index in [0.29, 0.717) is 12.1 Å². The molecule has 2 aromatic rings. The molecule has 1 aromatic heterocycles. The minimum Gasteiger partial charge on any atom is -0.508 e. The second-order valence-electron chi connectivity index (χ2n) is 4.16. The molecule has 0 aliphatic carbocycles. The van der Waals surface area contributed by atoms with Gasteiger partial charge in [-0.1, -0.05) is 0 Å². The molecule has 0 saturated carbocycles. The van der Waals surface area contributed by atoms with E-state index >= 15 is 0 Å². The molecule has 0 aliphatic rings. The van der Waals surface area contributed by atoms with Gasteiger partial charge in [-0.25, -0.2) is 4.39 Å². The van der Waals surface area contributed by atoms with Crippen molar-refractivity contribution >= 4 is 0 Å². The first-order chi connectivity index (χ1) is 8.66. The van der Waals surface area contributed by atoms with Crippen LogP contribution >= 0.6 is 0 Å². The molecule has 0 fully saturated rings. The molecule has 0 amide bonds. The van der Waals surface area contributed by atoms with E-state index in [2.05, 4.69) is 10.3 Å². The van der Waals surface area contributed by atoms with Gasteiger partial charge in [0.1, 0.15) is 11.6 Å². The lowest BCUT2D eigenvalue weighted by atomic mass is 10.1. The normalized spacial score (nSPS) is 12.3. The number of phenols is 1. The van der Waals surface area contributed by atoms with Crippen molar-refractivity contribution in [3.05, 3.63) is 59.7 Å². The third-order valence-electron chi connectivity index (χ3n) is 2.85. The quantitative estimate of drug-likeness (QED) is 0.872. The monoisotopic (exact) mass is 246 g/mol. The van der Waals surface area contributed by atoms with Crippen molar-refractivity contribution in [1.29, 1.82) is 0 Å². The summed E-state index contributed by atoms with van der Waals surface area (Å²) in [5.41, 5.74) is 1.65. The van der Waals surface area contributed by atoms with Crippen LogP contribution in [0.2, 0.25) is 0 Å². The van der Waals surface area contributed by atoms with Crippen LogP contribution in [0.1, 0.15) is 24.1 Å². The molecule has 1 unspecified atom stereocenters. The van der Waals surface area contributed by atoms with Gasteiger partial charge in [0, 0.05) is 30.5 Å². The molecule has 4 heteroatoms. The van der Waals surface area contributed by atoms with Crippen molar-refractivity contribution in [2.24, 2.45) is 0 Å². The number of benzene rings is 1. The van der Waals surface area contributed by atoms with Crippen molar-refractivity contribution in [2.45, 2.75) is 19.5 Å². The Labute approximate surface area is 105 Å². The van der Waals surface area contributed by atoms with E-state index in [1.54, 1.807) is 12.4 Å². The molecule has 0 bridgehead atoms. The van der Waals surface area contributed by atoms with Crippen LogP contribution in [-0.4, -0.2) is 10.1 Å². The van der Waals surface area contributed by atoms with Crippen molar-refractivity contribution in [1.82, 2.24) is 10.3 Å². The summed E-state index contributed by atoms with van der Waals surface area (Å²) in [6.07, 6.45) is 3.46. The number of nitrogens with one attached hydrogen (secondary N) is 1. The molecule has 0 radical (unpaired) electrons. The highest BCUT2D eigenvalue weighted by Gasteiger charge is 2.07. The van der Waals surface area contributed by atoms with E-state index in [9.17, 15) is 9.50 Å². The first-order valence-corrected chi connectivity index (χ1v) is 5.77. The summed E-state index contributed by atoms with van der Waals surface area (Å²) < 4.78 is 13.0. The van der Waals surface area contributed by atoms with Gasteiger partial charge in [-0.15, -0.1) is 0 Å². The Morgan fingerprint density at radius 1 is 1.28 bits per heavy atom. The van der Waals surface area contributed by atoms with Gasteiger partial charge < -0.3 is 10.4 Å². The fraction of sp³-hybridized carbons (Fsp3) is 0.214. The van der Waals surface area contributed by atoms with E-state index < -0.39 is 0 Å². The first-order valence-electron chi connectivity index (χ1n) is 5.77. The Hall–Kier alpha value is -1.94. The summed E-state index contributed by atoms with van der Waals surface area (Å²) in [7, 11) is 0. The number of hydrogen-bond donors (Lipinski definition) is 2. The minimum atomic E-state index is -0.346. The fourth-order valence-electron chi connectivity index (χ4n) is 1.73. The molecule has 1 atom stereocenters. The summed E-state index contributed by atoms with van der Waals surface area (Å²) in [5.74, 6) is -0.244. The van der Waals surface area contributed by atoms with Gasteiger partial charge in [-0.3, -0.25) is 4.98 Å². The molecule has 1 heterocycles. The Kier molecular flexibility index (Phi) is 3.89. The van der Waals surface area contributed by atoms with Crippen molar-refractivity contribution in [3.8, 4) is 5.75 Å². The third kappa shape index (κ3) is 3.05. The Bertz CT molecular complexity index is 516. The highest BCUT2D eigenvalue weighted by atomic mass is 19.1. The Balaban J connectivity index is 2.01. The summed E-state index contributed by atoms with van der Waals surface area (Å²) in [5, 5.41) is 12.8. The van der Waals surface area contributed by atoms with E-state index in [-0.39, 0.29) is 17.6 Å². The lowest BCUT2D eigenvalue weighted by molar-refractivity contribution is 0.457. The second kappa shape index (κ2) is 5.60. The maximum Gasteiger partial charge on any atom is 0.123 e. The van der Waals surface area contributed by atoms with Crippen molar-refractivity contribution in [3.63, 3.8) is 0 Å². The molecule has 94 valence electrons. The largest absolute Gasteiger partial charge is 0.508 e. The molecule has 0 spiro atoms. The predicted molar refractivity (Wildman–Crippen MR) is 67.6 cm³/mol. The van der Waals surface area contributed by atoms with E-state index in [1.165, 1.54) is 18.2 Å². The zero-order valence-corrected chi connectivity index (χ0v) is 10.1. The number of pyridine rings is 1.